The van der Waals surface area contributed by atoms with Crippen LogP contribution in [0, 0.1) is 0 Å². The summed E-state index contributed by atoms with van der Waals surface area (Å²) in [6, 6.07) is -0.600. The van der Waals surface area contributed by atoms with E-state index in [0.717, 1.165) is 0 Å². The molecule has 0 aromatic carbocycles. The van der Waals surface area contributed by atoms with E-state index in [1.54, 1.807) is 6.92 Å². The van der Waals surface area contributed by atoms with E-state index in [0.29, 0.717) is 43.2 Å². The summed E-state index contributed by atoms with van der Waals surface area (Å²) in [5.41, 5.74) is 0. The lowest BCUT2D eigenvalue weighted by molar-refractivity contribution is -0.141. The summed E-state index contributed by atoms with van der Waals surface area (Å²) in [5.74, 6) is -0.225. The number of sulfonamides is 1. The summed E-state index contributed by atoms with van der Waals surface area (Å²) in [5, 5.41) is 0. The van der Waals surface area contributed by atoms with Gasteiger partial charge in [0.25, 0.3) is 0 Å². The molecule has 114 valence electrons. The van der Waals surface area contributed by atoms with Gasteiger partial charge in [-0.05, 0) is 19.3 Å². The zero-order chi connectivity index (χ0) is 14.5. The van der Waals surface area contributed by atoms with E-state index < -0.39 is 28.8 Å². The Morgan fingerprint density at radius 1 is 1.26 bits per heavy atom. The van der Waals surface area contributed by atoms with Gasteiger partial charge in [0.2, 0.25) is 10.0 Å². The molecule has 0 aliphatic carbocycles. The van der Waals surface area contributed by atoms with Gasteiger partial charge < -0.3 is 4.74 Å². The van der Waals surface area contributed by atoms with Crippen LogP contribution in [0.2, 0.25) is 0 Å². The van der Waals surface area contributed by atoms with Crippen molar-refractivity contribution in [3.05, 3.63) is 0 Å². The van der Waals surface area contributed by atoms with Crippen LogP contribution in [0.4, 0.5) is 13.2 Å². The van der Waals surface area contributed by atoms with Gasteiger partial charge in [0.1, 0.15) is 6.54 Å². The van der Waals surface area contributed by atoms with Crippen molar-refractivity contribution in [2.24, 2.45) is 0 Å². The van der Waals surface area contributed by atoms with Gasteiger partial charge >= 0.3 is 6.18 Å². The molecule has 8 heteroatoms. The second-order valence-corrected chi connectivity index (χ2v) is 6.71. The minimum atomic E-state index is -4.52. The maximum atomic E-state index is 12.6. The molecular formula is C11H20F3NO3S. The van der Waals surface area contributed by atoms with Gasteiger partial charge in [0, 0.05) is 19.3 Å². The van der Waals surface area contributed by atoms with Crippen LogP contribution in [-0.2, 0) is 14.8 Å². The van der Waals surface area contributed by atoms with Crippen molar-refractivity contribution in [1.82, 2.24) is 4.31 Å². The monoisotopic (exact) mass is 303 g/mol. The molecule has 0 saturated carbocycles. The number of ether oxygens (including phenoxy) is 1. The van der Waals surface area contributed by atoms with Crippen LogP contribution in [0.3, 0.4) is 0 Å². The fourth-order valence-corrected chi connectivity index (χ4v) is 3.94. The summed E-state index contributed by atoms with van der Waals surface area (Å²) in [7, 11) is -3.86. The molecule has 1 aliphatic heterocycles. The van der Waals surface area contributed by atoms with E-state index in [4.69, 9.17) is 4.74 Å². The van der Waals surface area contributed by atoms with Crippen molar-refractivity contribution in [3.8, 4) is 0 Å². The SMILES string of the molecule is CCCCS(=O)(=O)N(CC(F)(F)F)C1CCOCC1. The molecule has 1 rings (SSSR count). The quantitative estimate of drug-likeness (QED) is 0.755. The van der Waals surface area contributed by atoms with Crippen molar-refractivity contribution in [1.29, 1.82) is 0 Å². The van der Waals surface area contributed by atoms with E-state index in [1.165, 1.54) is 0 Å². The first kappa shape index (κ1) is 16.7. The molecule has 1 aliphatic rings. The van der Waals surface area contributed by atoms with Crippen molar-refractivity contribution in [2.75, 3.05) is 25.5 Å². The molecule has 0 radical (unpaired) electrons. The third kappa shape index (κ3) is 5.66. The Kier molecular flexibility index (Phi) is 6.07. The van der Waals surface area contributed by atoms with Crippen LogP contribution in [0.1, 0.15) is 32.6 Å². The number of alkyl halides is 3. The van der Waals surface area contributed by atoms with Crippen LogP contribution in [-0.4, -0.2) is 50.5 Å². The first-order chi connectivity index (χ1) is 8.76. The van der Waals surface area contributed by atoms with Gasteiger partial charge in [-0.2, -0.15) is 17.5 Å². The number of halogens is 3. The summed E-state index contributed by atoms with van der Waals surface area (Å²) in [4.78, 5) is 0. The molecule has 0 spiro atoms. The molecule has 0 aromatic heterocycles. The van der Waals surface area contributed by atoms with Crippen molar-refractivity contribution in [2.45, 2.75) is 44.8 Å². The molecule has 0 aromatic rings. The van der Waals surface area contributed by atoms with Gasteiger partial charge in [0.15, 0.2) is 0 Å². The second kappa shape index (κ2) is 6.90. The molecule has 19 heavy (non-hydrogen) atoms. The molecule has 0 unspecified atom stereocenters. The van der Waals surface area contributed by atoms with Crippen LogP contribution >= 0.6 is 0 Å². The van der Waals surface area contributed by atoms with E-state index in [-0.39, 0.29) is 5.75 Å². The summed E-state index contributed by atoms with van der Waals surface area (Å²) in [6.07, 6.45) is -2.87. The minimum absolute atomic E-state index is 0.225. The normalized spacial score (nSPS) is 19.0. The Hall–Kier alpha value is -0.340. The Labute approximate surface area is 112 Å². The van der Waals surface area contributed by atoms with Gasteiger partial charge in [-0.25, -0.2) is 8.42 Å². The second-order valence-electron chi connectivity index (χ2n) is 4.67. The van der Waals surface area contributed by atoms with E-state index in [1.807, 2.05) is 0 Å². The number of nitrogens with zero attached hydrogens (tertiary/aromatic N) is 1. The molecule has 0 atom stereocenters. The Morgan fingerprint density at radius 2 is 1.84 bits per heavy atom. The van der Waals surface area contributed by atoms with Crippen molar-refractivity contribution >= 4 is 10.0 Å². The molecule has 0 amide bonds. The zero-order valence-electron chi connectivity index (χ0n) is 10.9. The highest BCUT2D eigenvalue weighted by Crippen LogP contribution is 2.25. The van der Waals surface area contributed by atoms with Crippen LogP contribution in [0.5, 0.6) is 0 Å². The molecule has 1 heterocycles. The van der Waals surface area contributed by atoms with E-state index in [9.17, 15) is 21.6 Å². The highest BCUT2D eigenvalue weighted by molar-refractivity contribution is 7.89. The first-order valence-corrected chi connectivity index (χ1v) is 8.01. The Bertz CT molecular complexity index is 364. The Morgan fingerprint density at radius 3 is 2.32 bits per heavy atom. The minimum Gasteiger partial charge on any atom is -0.381 e. The van der Waals surface area contributed by atoms with Gasteiger partial charge in [-0.3, -0.25) is 0 Å². The van der Waals surface area contributed by atoms with Crippen LogP contribution in [0.15, 0.2) is 0 Å². The number of rotatable bonds is 6. The highest BCUT2D eigenvalue weighted by Gasteiger charge is 2.40. The standard InChI is InChI=1S/C11H20F3NO3S/c1-2-3-8-19(16,17)15(9-11(12,13)14)10-4-6-18-7-5-10/h10H,2-9H2,1H3. The summed E-state index contributed by atoms with van der Waals surface area (Å²) in [6.45, 7) is 1.02. The lowest BCUT2D eigenvalue weighted by atomic mass is 10.1. The van der Waals surface area contributed by atoms with Crippen LogP contribution < -0.4 is 0 Å². The zero-order valence-corrected chi connectivity index (χ0v) is 11.8. The molecule has 0 N–H and O–H groups in total. The molecule has 1 saturated heterocycles. The van der Waals surface area contributed by atoms with E-state index >= 15 is 0 Å². The topological polar surface area (TPSA) is 46.6 Å². The molecule has 4 nitrogen and oxygen atoms in total. The molecular weight excluding hydrogens is 283 g/mol. The number of hydrogen-bond acceptors (Lipinski definition) is 3. The average Bonchev–Trinajstić information content (AvgIpc) is 2.33. The average molecular weight is 303 g/mol. The Balaban J connectivity index is 2.84. The maximum absolute atomic E-state index is 12.6. The third-order valence-electron chi connectivity index (χ3n) is 3.05. The predicted molar refractivity (Wildman–Crippen MR) is 65.3 cm³/mol. The number of hydrogen-bond donors (Lipinski definition) is 0. The molecule has 0 bridgehead atoms. The van der Waals surface area contributed by atoms with Gasteiger partial charge in [-0.1, -0.05) is 13.3 Å². The summed E-state index contributed by atoms with van der Waals surface area (Å²) < 4.78 is 67.5. The fraction of sp³-hybridized carbons (Fsp3) is 1.00. The molecule has 1 fully saturated rings. The lowest BCUT2D eigenvalue weighted by Crippen LogP contribution is -2.48. The lowest BCUT2D eigenvalue weighted by Gasteiger charge is -2.33. The van der Waals surface area contributed by atoms with Crippen molar-refractivity contribution in [3.63, 3.8) is 0 Å². The summed E-state index contributed by atoms with van der Waals surface area (Å²) >= 11 is 0. The number of unbranched alkanes of at least 4 members (excludes halogenated alkanes) is 1. The van der Waals surface area contributed by atoms with Gasteiger partial charge in [-0.15, -0.1) is 0 Å². The van der Waals surface area contributed by atoms with Crippen molar-refractivity contribution < 1.29 is 26.3 Å². The first-order valence-electron chi connectivity index (χ1n) is 6.40. The largest absolute Gasteiger partial charge is 0.402 e. The van der Waals surface area contributed by atoms with Gasteiger partial charge in [0.05, 0.1) is 5.75 Å². The van der Waals surface area contributed by atoms with E-state index in [2.05, 4.69) is 0 Å². The maximum Gasteiger partial charge on any atom is 0.402 e. The fourth-order valence-electron chi connectivity index (χ4n) is 2.05. The highest BCUT2D eigenvalue weighted by atomic mass is 32.2. The van der Waals surface area contributed by atoms with Crippen LogP contribution in [0.25, 0.3) is 0 Å². The smallest absolute Gasteiger partial charge is 0.381 e. The predicted octanol–water partition coefficient (Wildman–Crippen LogP) is 2.16. The third-order valence-corrected chi connectivity index (χ3v) is 4.99.